The molecule has 2 aromatic rings. The number of amides is 2. The number of carbonyl (C=O) groups is 1. The quantitative estimate of drug-likeness (QED) is 0.779. The number of anilines is 1. The van der Waals surface area contributed by atoms with Crippen molar-refractivity contribution in [1.29, 1.82) is 5.26 Å². The van der Waals surface area contributed by atoms with Crippen molar-refractivity contribution in [2.24, 2.45) is 0 Å². The number of benzene rings is 1. The molecule has 1 aromatic carbocycles. The first kappa shape index (κ1) is 16.7. The Kier molecular flexibility index (Phi) is 4.30. The molecule has 25 heavy (non-hydrogen) atoms. The SMILES string of the molecule is CC1(C)Oc2ccc(C#N)cc2[C@@H](NC(=O)Nc2ccccn2)[C@@H]1O. The van der Waals surface area contributed by atoms with Crippen LogP contribution in [0.1, 0.15) is 31.0 Å². The van der Waals surface area contributed by atoms with Gasteiger partial charge in [0.15, 0.2) is 0 Å². The molecule has 0 spiro atoms. The maximum absolute atomic E-state index is 12.3. The highest BCUT2D eigenvalue weighted by molar-refractivity contribution is 5.88. The molecule has 1 aromatic heterocycles. The van der Waals surface area contributed by atoms with Gasteiger partial charge in [-0.1, -0.05) is 6.07 Å². The summed E-state index contributed by atoms with van der Waals surface area (Å²) in [5.74, 6) is 0.921. The van der Waals surface area contributed by atoms with Crippen LogP contribution in [0, 0.1) is 11.3 Å². The van der Waals surface area contributed by atoms with Gasteiger partial charge in [0, 0.05) is 11.8 Å². The van der Waals surface area contributed by atoms with E-state index in [1.165, 1.54) is 0 Å². The van der Waals surface area contributed by atoms with Gasteiger partial charge in [-0.3, -0.25) is 5.32 Å². The molecule has 0 aliphatic carbocycles. The normalized spacial score (nSPS) is 20.6. The third kappa shape index (κ3) is 3.39. The highest BCUT2D eigenvalue weighted by Gasteiger charge is 2.43. The number of nitrogens with one attached hydrogen (secondary N) is 2. The molecule has 2 atom stereocenters. The summed E-state index contributed by atoms with van der Waals surface area (Å²) in [6.45, 7) is 3.48. The van der Waals surface area contributed by atoms with Gasteiger partial charge >= 0.3 is 6.03 Å². The van der Waals surface area contributed by atoms with E-state index < -0.39 is 23.8 Å². The van der Waals surface area contributed by atoms with Gasteiger partial charge in [-0.2, -0.15) is 5.26 Å². The number of fused-ring (bicyclic) bond motifs is 1. The van der Waals surface area contributed by atoms with Crippen LogP contribution in [0.4, 0.5) is 10.6 Å². The molecular weight excluding hydrogens is 320 g/mol. The fourth-order valence-electron chi connectivity index (χ4n) is 2.76. The number of pyridine rings is 1. The lowest BCUT2D eigenvalue weighted by Gasteiger charge is -2.42. The average Bonchev–Trinajstić information content (AvgIpc) is 2.59. The van der Waals surface area contributed by atoms with Crippen LogP contribution in [0.2, 0.25) is 0 Å². The summed E-state index contributed by atoms with van der Waals surface area (Å²) in [6.07, 6.45) is 0.569. The highest BCUT2D eigenvalue weighted by Crippen LogP contribution is 2.40. The number of rotatable bonds is 2. The monoisotopic (exact) mass is 338 g/mol. The Labute approximate surface area is 145 Å². The third-order valence-electron chi connectivity index (χ3n) is 4.07. The number of nitriles is 1. The van der Waals surface area contributed by atoms with E-state index in [-0.39, 0.29) is 0 Å². The standard InChI is InChI=1S/C18H18N4O3/c1-18(2)16(23)15(12-9-11(10-19)6-7-13(12)25-18)22-17(24)21-14-5-3-4-8-20-14/h3-9,15-16,23H,1-2H3,(H2,20,21,22,24)/t15-,16+/m1/s1. The van der Waals surface area contributed by atoms with E-state index in [0.29, 0.717) is 22.7 Å². The van der Waals surface area contributed by atoms with Crippen LogP contribution >= 0.6 is 0 Å². The summed E-state index contributed by atoms with van der Waals surface area (Å²) < 4.78 is 5.82. The minimum Gasteiger partial charge on any atom is -0.485 e. The zero-order valence-electron chi connectivity index (χ0n) is 13.9. The number of aliphatic hydroxyl groups excluding tert-OH is 1. The Bertz CT molecular complexity index is 830. The van der Waals surface area contributed by atoms with Crippen molar-refractivity contribution in [3.8, 4) is 11.8 Å². The first-order valence-corrected chi connectivity index (χ1v) is 7.80. The van der Waals surface area contributed by atoms with Gasteiger partial charge in [0.1, 0.15) is 23.3 Å². The first-order chi connectivity index (χ1) is 11.9. The second kappa shape index (κ2) is 6.42. The maximum atomic E-state index is 12.3. The molecule has 0 fully saturated rings. The van der Waals surface area contributed by atoms with Gasteiger partial charge in [0.25, 0.3) is 0 Å². The lowest BCUT2D eigenvalue weighted by Crippen LogP contribution is -2.54. The molecule has 0 saturated heterocycles. The minimum atomic E-state index is -0.997. The molecule has 3 N–H and O–H groups in total. The number of aromatic nitrogens is 1. The van der Waals surface area contributed by atoms with Gasteiger partial charge in [-0.05, 0) is 44.2 Å². The molecule has 0 radical (unpaired) electrons. The Hall–Kier alpha value is -3.11. The third-order valence-corrected chi connectivity index (χ3v) is 4.07. The molecule has 0 saturated carbocycles. The maximum Gasteiger partial charge on any atom is 0.320 e. The summed E-state index contributed by atoms with van der Waals surface area (Å²) >= 11 is 0. The average molecular weight is 338 g/mol. The van der Waals surface area contributed by atoms with Crippen molar-refractivity contribution in [3.63, 3.8) is 0 Å². The zero-order chi connectivity index (χ0) is 18.0. The molecular formula is C18H18N4O3. The first-order valence-electron chi connectivity index (χ1n) is 7.80. The molecule has 0 bridgehead atoms. The number of hydrogen-bond acceptors (Lipinski definition) is 5. The van der Waals surface area contributed by atoms with Crippen LogP contribution in [0.15, 0.2) is 42.6 Å². The Morgan fingerprint density at radius 2 is 2.16 bits per heavy atom. The predicted molar refractivity (Wildman–Crippen MR) is 91.0 cm³/mol. The van der Waals surface area contributed by atoms with Crippen LogP contribution < -0.4 is 15.4 Å². The largest absolute Gasteiger partial charge is 0.485 e. The Morgan fingerprint density at radius 3 is 2.84 bits per heavy atom. The van der Waals surface area contributed by atoms with Crippen LogP contribution in [0.25, 0.3) is 0 Å². The number of carbonyl (C=O) groups excluding carboxylic acids is 1. The molecule has 3 rings (SSSR count). The fourth-order valence-corrected chi connectivity index (χ4v) is 2.76. The van der Waals surface area contributed by atoms with Crippen molar-refractivity contribution >= 4 is 11.8 Å². The van der Waals surface area contributed by atoms with Crippen molar-refractivity contribution in [2.45, 2.75) is 31.6 Å². The summed E-state index contributed by atoms with van der Waals surface area (Å²) in [4.78, 5) is 16.4. The van der Waals surface area contributed by atoms with Crippen LogP contribution in [0.5, 0.6) is 5.75 Å². The predicted octanol–water partition coefficient (Wildman–Crippen LogP) is 2.35. The number of urea groups is 1. The van der Waals surface area contributed by atoms with E-state index in [2.05, 4.69) is 21.7 Å². The number of nitrogens with zero attached hydrogens (tertiary/aromatic N) is 2. The van der Waals surface area contributed by atoms with Crippen molar-refractivity contribution in [2.75, 3.05) is 5.32 Å². The van der Waals surface area contributed by atoms with E-state index >= 15 is 0 Å². The summed E-state index contributed by atoms with van der Waals surface area (Å²) in [6, 6.07) is 10.9. The fraction of sp³-hybridized carbons (Fsp3) is 0.278. The van der Waals surface area contributed by atoms with Crippen LogP contribution in [-0.2, 0) is 0 Å². The Morgan fingerprint density at radius 1 is 1.36 bits per heavy atom. The molecule has 128 valence electrons. The van der Waals surface area contributed by atoms with Gasteiger partial charge in [-0.25, -0.2) is 9.78 Å². The van der Waals surface area contributed by atoms with Crippen molar-refractivity contribution in [3.05, 3.63) is 53.7 Å². The lowest BCUT2D eigenvalue weighted by atomic mass is 9.86. The van der Waals surface area contributed by atoms with Crippen molar-refractivity contribution < 1.29 is 14.6 Å². The molecule has 2 amide bonds. The molecule has 1 aliphatic heterocycles. The topological polar surface area (TPSA) is 107 Å². The molecule has 0 unspecified atom stereocenters. The van der Waals surface area contributed by atoms with E-state index in [0.717, 1.165) is 0 Å². The summed E-state index contributed by atoms with van der Waals surface area (Å²) in [5.41, 5.74) is 0.0811. The number of ether oxygens (including phenoxy) is 1. The number of hydrogen-bond donors (Lipinski definition) is 3. The van der Waals surface area contributed by atoms with E-state index in [1.807, 2.05) is 0 Å². The van der Waals surface area contributed by atoms with Crippen LogP contribution in [-0.4, -0.2) is 27.8 Å². The molecule has 2 heterocycles. The van der Waals surface area contributed by atoms with Gasteiger partial charge in [0.05, 0.1) is 17.7 Å². The highest BCUT2D eigenvalue weighted by atomic mass is 16.5. The zero-order valence-corrected chi connectivity index (χ0v) is 13.9. The lowest BCUT2D eigenvalue weighted by molar-refractivity contribution is -0.0618. The number of aliphatic hydroxyl groups is 1. The van der Waals surface area contributed by atoms with Crippen molar-refractivity contribution in [1.82, 2.24) is 10.3 Å². The summed E-state index contributed by atoms with van der Waals surface area (Å²) in [5, 5.41) is 25.1. The van der Waals surface area contributed by atoms with E-state index in [1.54, 1.807) is 56.4 Å². The molecule has 1 aliphatic rings. The summed E-state index contributed by atoms with van der Waals surface area (Å²) in [7, 11) is 0. The molecule has 7 heteroatoms. The van der Waals surface area contributed by atoms with Gasteiger partial charge in [-0.15, -0.1) is 0 Å². The second-order valence-corrected chi connectivity index (χ2v) is 6.31. The van der Waals surface area contributed by atoms with Crippen LogP contribution in [0.3, 0.4) is 0 Å². The minimum absolute atomic E-state index is 0.395. The molecule has 7 nitrogen and oxygen atoms in total. The van der Waals surface area contributed by atoms with E-state index in [4.69, 9.17) is 10.00 Å². The smallest absolute Gasteiger partial charge is 0.320 e. The van der Waals surface area contributed by atoms with E-state index in [9.17, 15) is 9.90 Å². The van der Waals surface area contributed by atoms with Gasteiger partial charge < -0.3 is 15.2 Å². The van der Waals surface area contributed by atoms with Gasteiger partial charge in [0.2, 0.25) is 0 Å². The Balaban J connectivity index is 1.88. The second-order valence-electron chi connectivity index (χ2n) is 6.31.